The second kappa shape index (κ2) is 4.35. The zero-order valence-electron chi connectivity index (χ0n) is 10.2. The third-order valence-corrected chi connectivity index (χ3v) is 4.33. The quantitative estimate of drug-likeness (QED) is 0.874. The second-order valence-corrected chi connectivity index (χ2v) is 5.85. The first-order chi connectivity index (χ1) is 8.65. The summed E-state index contributed by atoms with van der Waals surface area (Å²) in [5, 5.41) is 5.55. The van der Waals surface area contributed by atoms with Crippen LogP contribution in [0.2, 0.25) is 0 Å². The van der Waals surface area contributed by atoms with E-state index >= 15 is 0 Å². The number of hydrogen-bond donors (Lipinski definition) is 1. The minimum Gasteiger partial charge on any atom is -0.345 e. The topological polar surface area (TPSA) is 62.3 Å². The third kappa shape index (κ3) is 2.12. The van der Waals surface area contributed by atoms with E-state index < -0.39 is 0 Å². The number of amides is 2. The SMILES string of the molecule is Cc1csc(CN2C(=O)CNC(=O)C2C2CC2)n1. The maximum absolute atomic E-state index is 12.0. The average molecular weight is 265 g/mol. The lowest BCUT2D eigenvalue weighted by molar-refractivity contribution is -0.147. The van der Waals surface area contributed by atoms with Crippen molar-refractivity contribution in [3.63, 3.8) is 0 Å². The molecule has 0 radical (unpaired) electrons. The van der Waals surface area contributed by atoms with E-state index in [1.165, 1.54) is 0 Å². The molecule has 1 unspecified atom stereocenters. The molecule has 0 spiro atoms. The number of thiazole rings is 1. The van der Waals surface area contributed by atoms with Gasteiger partial charge >= 0.3 is 0 Å². The van der Waals surface area contributed by atoms with Crippen LogP contribution in [0, 0.1) is 12.8 Å². The summed E-state index contributed by atoms with van der Waals surface area (Å²) in [7, 11) is 0. The molecule has 2 fully saturated rings. The molecule has 18 heavy (non-hydrogen) atoms. The molecule has 1 aliphatic carbocycles. The number of carbonyl (C=O) groups excluding carboxylic acids is 2. The van der Waals surface area contributed by atoms with Crippen molar-refractivity contribution in [2.45, 2.75) is 32.4 Å². The summed E-state index contributed by atoms with van der Waals surface area (Å²) in [5.74, 6) is 0.333. The number of nitrogens with zero attached hydrogens (tertiary/aromatic N) is 2. The van der Waals surface area contributed by atoms with Crippen LogP contribution in [-0.4, -0.2) is 34.3 Å². The van der Waals surface area contributed by atoms with Gasteiger partial charge in [0, 0.05) is 11.1 Å². The fourth-order valence-electron chi connectivity index (χ4n) is 2.35. The van der Waals surface area contributed by atoms with Crippen LogP contribution in [0.4, 0.5) is 0 Å². The number of nitrogens with one attached hydrogen (secondary N) is 1. The van der Waals surface area contributed by atoms with Crippen LogP contribution in [0.1, 0.15) is 23.5 Å². The van der Waals surface area contributed by atoms with Crippen LogP contribution in [0.5, 0.6) is 0 Å². The summed E-state index contributed by atoms with van der Waals surface area (Å²) in [6, 6.07) is -0.282. The summed E-state index contributed by atoms with van der Waals surface area (Å²) in [6.45, 7) is 2.52. The molecule has 1 atom stereocenters. The highest BCUT2D eigenvalue weighted by atomic mass is 32.1. The summed E-state index contributed by atoms with van der Waals surface area (Å²) < 4.78 is 0. The Morgan fingerprint density at radius 2 is 2.28 bits per heavy atom. The van der Waals surface area contributed by atoms with Crippen LogP contribution in [0.3, 0.4) is 0 Å². The van der Waals surface area contributed by atoms with E-state index in [1.54, 1.807) is 16.2 Å². The summed E-state index contributed by atoms with van der Waals surface area (Å²) in [6.07, 6.45) is 2.08. The highest BCUT2D eigenvalue weighted by molar-refractivity contribution is 7.09. The number of piperazine rings is 1. The molecule has 1 saturated heterocycles. The van der Waals surface area contributed by atoms with Gasteiger partial charge in [-0.05, 0) is 25.7 Å². The maximum Gasteiger partial charge on any atom is 0.243 e. The molecule has 2 heterocycles. The van der Waals surface area contributed by atoms with Crippen molar-refractivity contribution in [3.8, 4) is 0 Å². The third-order valence-electron chi connectivity index (χ3n) is 3.38. The lowest BCUT2D eigenvalue weighted by Gasteiger charge is -2.34. The standard InChI is InChI=1S/C12H15N3O2S/c1-7-6-18-9(14-7)5-15-10(16)4-13-12(17)11(15)8-2-3-8/h6,8,11H,2-5H2,1H3,(H,13,17). The molecule has 1 saturated carbocycles. The van der Waals surface area contributed by atoms with E-state index in [1.807, 2.05) is 12.3 Å². The van der Waals surface area contributed by atoms with E-state index in [9.17, 15) is 9.59 Å². The summed E-state index contributed by atoms with van der Waals surface area (Å²) >= 11 is 1.54. The van der Waals surface area contributed by atoms with Crippen LogP contribution in [-0.2, 0) is 16.1 Å². The highest BCUT2D eigenvalue weighted by Gasteiger charge is 2.44. The Hall–Kier alpha value is -1.43. The molecule has 0 bridgehead atoms. The molecular weight excluding hydrogens is 250 g/mol. The van der Waals surface area contributed by atoms with Gasteiger partial charge in [-0.1, -0.05) is 0 Å². The number of aromatic nitrogens is 1. The van der Waals surface area contributed by atoms with Crippen molar-refractivity contribution in [1.82, 2.24) is 15.2 Å². The van der Waals surface area contributed by atoms with Crippen molar-refractivity contribution in [2.24, 2.45) is 5.92 Å². The molecule has 5 nitrogen and oxygen atoms in total. The Morgan fingerprint density at radius 1 is 1.50 bits per heavy atom. The van der Waals surface area contributed by atoms with Gasteiger partial charge in [-0.15, -0.1) is 11.3 Å². The Balaban J connectivity index is 1.81. The Morgan fingerprint density at radius 3 is 2.89 bits per heavy atom. The molecule has 6 heteroatoms. The zero-order chi connectivity index (χ0) is 12.7. The first kappa shape index (κ1) is 11.6. The van der Waals surface area contributed by atoms with Gasteiger partial charge in [-0.25, -0.2) is 4.98 Å². The van der Waals surface area contributed by atoms with Gasteiger partial charge in [0.05, 0.1) is 13.1 Å². The van der Waals surface area contributed by atoms with Crippen molar-refractivity contribution in [3.05, 3.63) is 16.1 Å². The fourth-order valence-corrected chi connectivity index (χ4v) is 3.12. The largest absolute Gasteiger partial charge is 0.345 e. The average Bonchev–Trinajstić information content (AvgIpc) is 3.08. The van der Waals surface area contributed by atoms with E-state index in [0.29, 0.717) is 12.5 Å². The van der Waals surface area contributed by atoms with Gasteiger partial charge in [-0.3, -0.25) is 9.59 Å². The normalized spacial score (nSPS) is 24.3. The number of aryl methyl sites for hydroxylation is 1. The molecular formula is C12H15N3O2S. The lowest BCUT2D eigenvalue weighted by atomic mass is 10.1. The molecule has 96 valence electrons. The number of carbonyl (C=O) groups is 2. The number of rotatable bonds is 3. The molecule has 3 rings (SSSR count). The van der Waals surface area contributed by atoms with Crippen LogP contribution in [0.15, 0.2) is 5.38 Å². The predicted octanol–water partition coefficient (Wildman–Crippen LogP) is 0.689. The first-order valence-electron chi connectivity index (χ1n) is 6.13. The smallest absolute Gasteiger partial charge is 0.243 e. The molecule has 1 aliphatic heterocycles. The van der Waals surface area contributed by atoms with Crippen molar-refractivity contribution in [2.75, 3.05) is 6.54 Å². The van der Waals surface area contributed by atoms with Crippen LogP contribution >= 0.6 is 11.3 Å². The summed E-state index contributed by atoms with van der Waals surface area (Å²) in [5.41, 5.74) is 0.965. The Kier molecular flexibility index (Phi) is 2.81. The van der Waals surface area contributed by atoms with Gasteiger partial charge in [0.15, 0.2) is 0 Å². The van der Waals surface area contributed by atoms with E-state index in [2.05, 4.69) is 10.3 Å². The van der Waals surface area contributed by atoms with E-state index in [0.717, 1.165) is 23.5 Å². The predicted molar refractivity (Wildman–Crippen MR) is 66.9 cm³/mol. The Labute approximate surface area is 109 Å². The van der Waals surface area contributed by atoms with E-state index in [4.69, 9.17) is 0 Å². The molecule has 2 amide bonds. The lowest BCUT2D eigenvalue weighted by Crippen LogP contribution is -2.58. The minimum atomic E-state index is -0.282. The number of hydrogen-bond acceptors (Lipinski definition) is 4. The zero-order valence-corrected chi connectivity index (χ0v) is 11.0. The summed E-state index contributed by atoms with van der Waals surface area (Å²) in [4.78, 5) is 30.0. The van der Waals surface area contributed by atoms with Gasteiger partial charge in [0.2, 0.25) is 11.8 Å². The van der Waals surface area contributed by atoms with Gasteiger partial charge in [-0.2, -0.15) is 0 Å². The molecule has 2 aliphatic rings. The van der Waals surface area contributed by atoms with Crippen molar-refractivity contribution < 1.29 is 9.59 Å². The fraction of sp³-hybridized carbons (Fsp3) is 0.583. The monoisotopic (exact) mass is 265 g/mol. The van der Waals surface area contributed by atoms with Crippen molar-refractivity contribution in [1.29, 1.82) is 0 Å². The second-order valence-electron chi connectivity index (χ2n) is 4.90. The minimum absolute atomic E-state index is 0.000599. The molecule has 1 N–H and O–H groups in total. The van der Waals surface area contributed by atoms with Gasteiger partial charge in [0.1, 0.15) is 11.0 Å². The van der Waals surface area contributed by atoms with Gasteiger partial charge in [0.25, 0.3) is 0 Å². The highest BCUT2D eigenvalue weighted by Crippen LogP contribution is 2.37. The van der Waals surface area contributed by atoms with E-state index in [-0.39, 0.29) is 24.4 Å². The van der Waals surface area contributed by atoms with Crippen molar-refractivity contribution >= 4 is 23.2 Å². The van der Waals surface area contributed by atoms with Crippen LogP contribution in [0.25, 0.3) is 0 Å². The molecule has 1 aromatic rings. The van der Waals surface area contributed by atoms with Gasteiger partial charge < -0.3 is 10.2 Å². The molecule has 1 aromatic heterocycles. The first-order valence-corrected chi connectivity index (χ1v) is 7.01. The maximum atomic E-state index is 12.0. The van der Waals surface area contributed by atoms with Crippen LogP contribution < -0.4 is 5.32 Å². The molecule has 0 aromatic carbocycles. The Bertz CT molecular complexity index is 495.